The zero-order chi connectivity index (χ0) is 43.5. The fourth-order valence-corrected chi connectivity index (χ4v) is 7.89. The number of benzene rings is 4. The van der Waals surface area contributed by atoms with Crippen molar-refractivity contribution in [1.82, 2.24) is 20.8 Å². The maximum absolute atomic E-state index is 12.9. The third-order valence-corrected chi connectivity index (χ3v) is 11.0. The molecule has 0 atom stereocenters. The van der Waals surface area contributed by atoms with Crippen LogP contribution in [0.15, 0.2) is 72.8 Å². The molecule has 2 aromatic heterocycles. The number of nitrogens with two attached hydrogens (primary N) is 1. The second kappa shape index (κ2) is 24.8. The number of carbonyl (C=O) groups excluding carboxylic acids is 2. The quantitative estimate of drug-likeness (QED) is 0.0518. The van der Waals surface area contributed by atoms with Gasteiger partial charge in [-0.05, 0) is 98.9 Å². The van der Waals surface area contributed by atoms with Crippen molar-refractivity contribution in [3.05, 3.63) is 111 Å². The number of hydrazine groups is 2. The van der Waals surface area contributed by atoms with Gasteiger partial charge in [-0.2, -0.15) is 0 Å². The van der Waals surface area contributed by atoms with Gasteiger partial charge in [0.15, 0.2) is 23.0 Å². The SMILES string of the molecule is COc1cc(C(=O)NN)cc(OC)c1OC.COc1cc(C(=O)NNc2c3c(nc4ccccc24)CCCC3)cc(OC)c1OC.Clc1c2c(nc3ccccc13)CCCC2.[I-].[K+]. The molecule has 2 heterocycles. The number of rotatable bonds is 10. The molecule has 14 nitrogen and oxygen atoms in total. The molecule has 0 spiro atoms. The molecule has 5 N–H and O–H groups in total. The van der Waals surface area contributed by atoms with Crippen molar-refractivity contribution >= 4 is 50.9 Å². The molecule has 0 unspecified atom stereocenters. The van der Waals surface area contributed by atoms with Crippen LogP contribution in [0, 0.1) is 0 Å². The Kier molecular flexibility index (Phi) is 20.3. The number of amides is 2. The largest absolute Gasteiger partial charge is 1.00 e. The molecule has 63 heavy (non-hydrogen) atoms. The van der Waals surface area contributed by atoms with Gasteiger partial charge in [0, 0.05) is 33.3 Å². The Morgan fingerprint density at radius 1 is 0.587 bits per heavy atom. The fraction of sp³-hybridized carbons (Fsp3) is 0.304. The number of aromatic nitrogens is 2. The van der Waals surface area contributed by atoms with Crippen molar-refractivity contribution < 1.29 is 113 Å². The first kappa shape index (κ1) is 51.5. The van der Waals surface area contributed by atoms with Crippen molar-refractivity contribution in [2.75, 3.05) is 48.1 Å². The molecular weight excluding hydrogens is 966 g/mol. The molecule has 4 aromatic carbocycles. The van der Waals surface area contributed by atoms with E-state index in [1.807, 2.05) is 47.9 Å². The van der Waals surface area contributed by atoms with Gasteiger partial charge in [-0.1, -0.05) is 48.0 Å². The molecule has 0 aliphatic heterocycles. The Labute approximate surface area is 432 Å². The van der Waals surface area contributed by atoms with Crippen LogP contribution in [-0.4, -0.2) is 64.4 Å². The number of hydrogen-bond acceptors (Lipinski definition) is 12. The number of fused-ring (bicyclic) bond motifs is 4. The standard InChI is InChI=1S/C23H25N3O4.C13H12ClN.C10H14N2O4.HI.K/c1-28-19-12-14(13-20(29-2)22(19)30-3)23(27)26-25-21-15-8-4-6-10-17(15)24-18-11-7-5-9-16(18)21;14-13-9-5-1-3-7-11(9)15-12-8-4-2-6-10(12)13;1-14-7-4-6(10(13)12-11)5-8(15-2)9(7)16-3;;/h4,6,8,10,12-13H,5,7,9,11H2,1-3H3,(H,24,25)(H,26,27);1,3,5,7H,2,4,6,8H2;4-5H,11H2,1-3H3,(H,12,13);1H;/q;;;;+1/p-1. The second-order valence-corrected chi connectivity index (χ2v) is 14.5. The van der Waals surface area contributed by atoms with Crippen molar-refractivity contribution in [1.29, 1.82) is 0 Å². The van der Waals surface area contributed by atoms with E-state index in [-0.39, 0.29) is 81.3 Å². The van der Waals surface area contributed by atoms with Crippen molar-refractivity contribution in [2.45, 2.75) is 51.4 Å². The minimum Gasteiger partial charge on any atom is -1.00 e. The zero-order valence-corrected chi connectivity index (χ0v) is 42.6. The number of nitrogens with zero attached hydrogens (tertiary/aromatic N) is 2. The van der Waals surface area contributed by atoms with Gasteiger partial charge in [0.2, 0.25) is 11.5 Å². The molecule has 8 rings (SSSR count). The predicted octanol–water partition coefficient (Wildman–Crippen LogP) is 1.99. The molecule has 17 heteroatoms. The van der Waals surface area contributed by atoms with Gasteiger partial charge in [-0.25, -0.2) is 5.84 Å². The van der Waals surface area contributed by atoms with Crippen LogP contribution >= 0.6 is 11.6 Å². The number of hydrogen-bond donors (Lipinski definition) is 4. The average Bonchev–Trinajstić information content (AvgIpc) is 3.31. The summed E-state index contributed by atoms with van der Waals surface area (Å²) < 4.78 is 31.3. The molecular formula is C46H51ClIKN6O8. The first-order chi connectivity index (χ1) is 29.7. The monoisotopic (exact) mass is 1020 g/mol. The maximum atomic E-state index is 12.9. The van der Waals surface area contributed by atoms with Crippen LogP contribution in [0.4, 0.5) is 5.69 Å². The molecule has 2 aliphatic carbocycles. The summed E-state index contributed by atoms with van der Waals surface area (Å²) in [6, 6.07) is 22.4. The van der Waals surface area contributed by atoms with Gasteiger partial charge < -0.3 is 52.4 Å². The zero-order valence-electron chi connectivity index (χ0n) is 36.6. The first-order valence-corrected chi connectivity index (χ1v) is 20.2. The normalized spacial score (nSPS) is 12.1. The average molecular weight is 1020 g/mol. The topological polar surface area (TPSA) is 177 Å². The van der Waals surface area contributed by atoms with E-state index < -0.39 is 5.91 Å². The van der Waals surface area contributed by atoms with E-state index in [1.54, 1.807) is 12.1 Å². The number of aryl methyl sites for hydroxylation is 2. The van der Waals surface area contributed by atoms with Crippen LogP contribution in [0.25, 0.3) is 21.8 Å². The first-order valence-electron chi connectivity index (χ1n) is 19.8. The summed E-state index contributed by atoms with van der Waals surface area (Å²) in [6.45, 7) is 0. The van der Waals surface area contributed by atoms with E-state index >= 15 is 0 Å². The van der Waals surface area contributed by atoms with Crippen molar-refractivity contribution in [3.63, 3.8) is 0 Å². The predicted molar refractivity (Wildman–Crippen MR) is 237 cm³/mol. The third-order valence-electron chi connectivity index (χ3n) is 10.6. The number of ether oxygens (including phenoxy) is 6. The Balaban J connectivity index is 0.000000224. The molecule has 2 amide bonds. The summed E-state index contributed by atoms with van der Waals surface area (Å²) >= 11 is 6.42. The van der Waals surface area contributed by atoms with Crippen LogP contribution in [0.3, 0.4) is 0 Å². The number of nitrogen functional groups attached to an aromatic ring is 1. The summed E-state index contributed by atoms with van der Waals surface area (Å²) in [7, 11) is 9.00. The van der Waals surface area contributed by atoms with Gasteiger partial charge in [-0.15, -0.1) is 0 Å². The minimum absolute atomic E-state index is 0. The van der Waals surface area contributed by atoms with Gasteiger partial charge in [-0.3, -0.25) is 35.8 Å². The van der Waals surface area contributed by atoms with Crippen LogP contribution in [0.5, 0.6) is 34.5 Å². The van der Waals surface area contributed by atoms with Crippen LogP contribution in [0.2, 0.25) is 5.02 Å². The third kappa shape index (κ3) is 12.0. The molecule has 0 saturated carbocycles. The van der Waals surface area contributed by atoms with Gasteiger partial charge in [0.1, 0.15) is 0 Å². The van der Waals surface area contributed by atoms with E-state index in [9.17, 15) is 9.59 Å². The smallest absolute Gasteiger partial charge is 1.00 e. The van der Waals surface area contributed by atoms with Crippen LogP contribution in [0.1, 0.15) is 68.9 Å². The van der Waals surface area contributed by atoms with E-state index in [0.717, 1.165) is 76.7 Å². The minimum atomic E-state index is -0.431. The number of anilines is 1. The Morgan fingerprint density at radius 2 is 1.00 bits per heavy atom. The summed E-state index contributed by atoms with van der Waals surface area (Å²) in [5.74, 6) is 6.84. The van der Waals surface area contributed by atoms with Gasteiger partial charge in [0.25, 0.3) is 11.8 Å². The number of halogens is 2. The van der Waals surface area contributed by atoms with E-state index in [1.165, 1.54) is 84.5 Å². The molecule has 2 aliphatic rings. The van der Waals surface area contributed by atoms with E-state index in [0.29, 0.717) is 45.6 Å². The number of para-hydroxylation sites is 2. The van der Waals surface area contributed by atoms with Crippen molar-refractivity contribution in [3.8, 4) is 34.5 Å². The number of nitrogens with one attached hydrogen (secondary N) is 3. The van der Waals surface area contributed by atoms with E-state index in [4.69, 9.17) is 55.8 Å². The van der Waals surface area contributed by atoms with Crippen LogP contribution < -0.4 is 126 Å². The second-order valence-electron chi connectivity index (χ2n) is 14.1. The number of carbonyl (C=O) groups is 2. The van der Waals surface area contributed by atoms with Gasteiger partial charge >= 0.3 is 51.4 Å². The maximum Gasteiger partial charge on any atom is 1.00 e. The summed E-state index contributed by atoms with van der Waals surface area (Å²) in [5, 5.41) is 3.01. The molecule has 328 valence electrons. The van der Waals surface area contributed by atoms with Crippen molar-refractivity contribution in [2.24, 2.45) is 5.84 Å². The van der Waals surface area contributed by atoms with Gasteiger partial charge in [0.05, 0.1) is 64.4 Å². The van der Waals surface area contributed by atoms with E-state index in [2.05, 4.69) is 16.9 Å². The molecule has 0 radical (unpaired) electrons. The van der Waals surface area contributed by atoms with Crippen LogP contribution in [-0.2, 0) is 25.7 Å². The summed E-state index contributed by atoms with van der Waals surface area (Å²) in [4.78, 5) is 33.8. The summed E-state index contributed by atoms with van der Waals surface area (Å²) in [6.07, 6.45) is 8.80. The number of methoxy groups -OCH3 is 6. The summed E-state index contributed by atoms with van der Waals surface area (Å²) in [5.41, 5.74) is 16.4. The Bertz CT molecular complexity index is 2500. The Hall–Kier alpha value is -4.14. The molecule has 0 bridgehead atoms. The Morgan fingerprint density at radius 3 is 1.48 bits per heavy atom. The molecule has 0 fully saturated rings. The fourth-order valence-electron chi connectivity index (χ4n) is 7.53. The number of pyridine rings is 2. The molecule has 6 aromatic rings. The molecule has 0 saturated heterocycles.